The van der Waals surface area contributed by atoms with Crippen LogP contribution in [0.1, 0.15) is 0 Å². The summed E-state index contributed by atoms with van der Waals surface area (Å²) in [5, 5.41) is 6.05. The summed E-state index contributed by atoms with van der Waals surface area (Å²) in [7, 11) is 0. The highest BCUT2D eigenvalue weighted by atomic mass is 16.3. The third-order valence-electron chi connectivity index (χ3n) is 8.55. The Labute approximate surface area is 245 Å². The SMILES string of the molecule is [C-]#[N+]c1cccc2c1c1ccccc1n2-c1ccc2oc3cccc(-n4c5ccccc5c5c([N+]#[C-])cccc54)c3c2c1. The lowest BCUT2D eigenvalue weighted by atomic mass is 10.1. The van der Waals surface area contributed by atoms with E-state index in [0.717, 1.165) is 76.9 Å². The maximum atomic E-state index is 7.84. The van der Waals surface area contributed by atoms with Crippen molar-refractivity contribution in [3.63, 3.8) is 0 Å². The van der Waals surface area contributed by atoms with E-state index in [4.69, 9.17) is 17.6 Å². The van der Waals surface area contributed by atoms with E-state index in [0.29, 0.717) is 11.4 Å². The molecule has 0 saturated heterocycles. The minimum atomic E-state index is 0.643. The van der Waals surface area contributed by atoms with Gasteiger partial charge in [-0.2, -0.15) is 0 Å². The van der Waals surface area contributed by atoms with Gasteiger partial charge in [-0.05, 0) is 65.4 Å². The molecule has 0 saturated carbocycles. The summed E-state index contributed by atoms with van der Waals surface area (Å²) in [6.45, 7) is 15.7. The largest absolute Gasteiger partial charge is 0.456 e. The first-order valence-electron chi connectivity index (χ1n) is 14.0. The van der Waals surface area contributed by atoms with E-state index in [9.17, 15) is 0 Å². The number of hydrogen-bond acceptors (Lipinski definition) is 1. The Bertz CT molecular complexity index is 2710. The summed E-state index contributed by atoms with van der Waals surface area (Å²) in [4.78, 5) is 7.70. The smallest absolute Gasteiger partial charge is 0.197 e. The molecule has 0 radical (unpaired) electrons. The Balaban J connectivity index is 1.40. The monoisotopic (exact) mass is 548 g/mol. The van der Waals surface area contributed by atoms with Crippen LogP contribution in [0.2, 0.25) is 0 Å². The van der Waals surface area contributed by atoms with Crippen LogP contribution in [0.3, 0.4) is 0 Å². The molecule has 3 heterocycles. The first kappa shape index (κ1) is 23.4. The molecule has 0 unspecified atom stereocenters. The number of para-hydroxylation sites is 2. The number of fused-ring (bicyclic) bond motifs is 9. The third-order valence-corrected chi connectivity index (χ3v) is 8.55. The quantitative estimate of drug-likeness (QED) is 0.198. The van der Waals surface area contributed by atoms with E-state index < -0.39 is 0 Å². The Morgan fingerprint density at radius 2 is 1.05 bits per heavy atom. The van der Waals surface area contributed by atoms with Crippen LogP contribution in [0.5, 0.6) is 0 Å². The lowest BCUT2D eigenvalue weighted by Gasteiger charge is -2.11. The topological polar surface area (TPSA) is 31.7 Å². The molecule has 0 N–H and O–H groups in total. The van der Waals surface area contributed by atoms with Gasteiger partial charge in [-0.1, -0.05) is 66.7 Å². The van der Waals surface area contributed by atoms with E-state index in [1.54, 1.807) is 0 Å². The second-order valence-electron chi connectivity index (χ2n) is 10.7. The Morgan fingerprint density at radius 3 is 1.72 bits per heavy atom. The summed E-state index contributed by atoms with van der Waals surface area (Å²) >= 11 is 0. The maximum absolute atomic E-state index is 7.84. The van der Waals surface area contributed by atoms with Gasteiger partial charge in [0.2, 0.25) is 0 Å². The standard InChI is InChI=1S/C38H20N4O/c1-39-27-12-7-16-31-36(27)24-10-3-5-14-29(24)41(31)23-20-21-34-26(22-23)38-33(18-9-19-35(38)43-34)42-30-15-6-4-11-25(30)37-28(40-2)13-8-17-32(37)42/h3-22H. The van der Waals surface area contributed by atoms with Crippen molar-refractivity contribution in [1.82, 2.24) is 9.13 Å². The zero-order chi connectivity index (χ0) is 28.7. The highest BCUT2D eigenvalue weighted by Gasteiger charge is 2.20. The summed E-state index contributed by atoms with van der Waals surface area (Å²) in [5.41, 5.74) is 8.97. The van der Waals surface area contributed by atoms with Gasteiger partial charge in [-0.3, -0.25) is 0 Å². The molecule has 0 aliphatic heterocycles. The van der Waals surface area contributed by atoms with Crippen molar-refractivity contribution in [2.24, 2.45) is 0 Å². The summed E-state index contributed by atoms with van der Waals surface area (Å²) < 4.78 is 10.9. The maximum Gasteiger partial charge on any atom is 0.197 e. The van der Waals surface area contributed by atoms with Crippen LogP contribution in [-0.4, -0.2) is 9.13 Å². The molecule has 3 aromatic heterocycles. The van der Waals surface area contributed by atoms with Crippen molar-refractivity contribution in [3.8, 4) is 11.4 Å². The molecule has 0 bridgehead atoms. The number of benzene rings is 6. The Kier molecular flexibility index (Phi) is 4.68. The van der Waals surface area contributed by atoms with E-state index in [1.807, 2.05) is 66.7 Å². The number of hydrogen-bond donors (Lipinski definition) is 0. The average Bonchev–Trinajstić information content (AvgIpc) is 3.72. The molecule has 0 spiro atoms. The van der Waals surface area contributed by atoms with Crippen LogP contribution in [0.4, 0.5) is 11.4 Å². The molecule has 198 valence electrons. The molecule has 5 heteroatoms. The number of aromatic nitrogens is 2. The Morgan fingerprint density at radius 1 is 0.465 bits per heavy atom. The van der Waals surface area contributed by atoms with Crippen molar-refractivity contribution in [3.05, 3.63) is 144 Å². The molecular weight excluding hydrogens is 528 g/mol. The zero-order valence-electron chi connectivity index (χ0n) is 22.7. The fraction of sp³-hybridized carbons (Fsp3) is 0. The average molecular weight is 549 g/mol. The predicted molar refractivity (Wildman–Crippen MR) is 175 cm³/mol. The lowest BCUT2D eigenvalue weighted by Crippen LogP contribution is -1.95. The number of rotatable bonds is 2. The van der Waals surface area contributed by atoms with Crippen LogP contribution in [0.15, 0.2) is 126 Å². The predicted octanol–water partition coefficient (Wildman–Crippen LogP) is 10.9. The summed E-state index contributed by atoms with van der Waals surface area (Å²) in [6.07, 6.45) is 0. The van der Waals surface area contributed by atoms with Gasteiger partial charge in [0.05, 0.1) is 35.3 Å². The fourth-order valence-corrected chi connectivity index (χ4v) is 6.85. The van der Waals surface area contributed by atoms with E-state index in [1.165, 1.54) is 0 Å². The molecule has 0 atom stereocenters. The van der Waals surface area contributed by atoms with Crippen LogP contribution in [-0.2, 0) is 0 Å². The third kappa shape index (κ3) is 3.08. The van der Waals surface area contributed by atoms with Gasteiger partial charge in [-0.25, -0.2) is 9.69 Å². The zero-order valence-corrected chi connectivity index (χ0v) is 22.7. The molecule has 5 nitrogen and oxygen atoms in total. The van der Waals surface area contributed by atoms with Crippen molar-refractivity contribution >= 4 is 76.9 Å². The summed E-state index contributed by atoms with van der Waals surface area (Å²) in [5.74, 6) is 0. The molecule has 9 rings (SSSR count). The lowest BCUT2D eigenvalue weighted by molar-refractivity contribution is 0.669. The second kappa shape index (κ2) is 8.60. The van der Waals surface area contributed by atoms with Gasteiger partial charge in [0.15, 0.2) is 11.4 Å². The van der Waals surface area contributed by atoms with Gasteiger partial charge >= 0.3 is 0 Å². The molecule has 0 amide bonds. The fourth-order valence-electron chi connectivity index (χ4n) is 6.85. The van der Waals surface area contributed by atoms with Crippen molar-refractivity contribution < 1.29 is 4.42 Å². The van der Waals surface area contributed by atoms with Gasteiger partial charge < -0.3 is 13.6 Å². The first-order chi connectivity index (χ1) is 21.3. The van der Waals surface area contributed by atoms with Crippen LogP contribution in [0, 0.1) is 13.1 Å². The molecule has 0 fully saturated rings. The van der Waals surface area contributed by atoms with Gasteiger partial charge in [0.1, 0.15) is 11.2 Å². The van der Waals surface area contributed by atoms with Crippen LogP contribution >= 0.6 is 0 Å². The molecule has 0 aliphatic carbocycles. The molecule has 9 aromatic rings. The van der Waals surface area contributed by atoms with Crippen molar-refractivity contribution in [2.75, 3.05) is 0 Å². The van der Waals surface area contributed by atoms with Crippen molar-refractivity contribution in [1.29, 1.82) is 0 Å². The molecule has 43 heavy (non-hydrogen) atoms. The Hall–Kier alpha value is -6.30. The van der Waals surface area contributed by atoms with E-state index in [2.05, 4.69) is 73.4 Å². The minimum Gasteiger partial charge on any atom is -0.456 e. The van der Waals surface area contributed by atoms with Gasteiger partial charge in [-0.15, -0.1) is 0 Å². The van der Waals surface area contributed by atoms with Gasteiger partial charge in [0.25, 0.3) is 0 Å². The molecule has 6 aromatic carbocycles. The normalized spacial score (nSPS) is 11.7. The highest BCUT2D eigenvalue weighted by molar-refractivity contribution is 6.18. The molecular formula is C38H20N4O. The van der Waals surface area contributed by atoms with Crippen molar-refractivity contribution in [2.45, 2.75) is 0 Å². The second-order valence-corrected chi connectivity index (χ2v) is 10.7. The van der Waals surface area contributed by atoms with Crippen LogP contribution in [0.25, 0.3) is 86.6 Å². The van der Waals surface area contributed by atoms with Gasteiger partial charge in [0, 0.05) is 32.9 Å². The van der Waals surface area contributed by atoms with E-state index in [-0.39, 0.29) is 0 Å². The minimum absolute atomic E-state index is 0.643. The number of furan rings is 1. The number of nitrogens with zero attached hydrogens (tertiary/aromatic N) is 4. The summed E-state index contributed by atoms with van der Waals surface area (Å²) in [6, 6.07) is 40.9. The van der Waals surface area contributed by atoms with Crippen LogP contribution < -0.4 is 0 Å². The highest BCUT2D eigenvalue weighted by Crippen LogP contribution is 2.43. The molecule has 0 aliphatic rings. The van der Waals surface area contributed by atoms with E-state index >= 15 is 0 Å². The first-order valence-corrected chi connectivity index (χ1v) is 14.0.